The molecule has 0 aliphatic carbocycles. The van der Waals surface area contributed by atoms with Gasteiger partial charge in [0, 0.05) is 11.6 Å². The Morgan fingerprint density at radius 3 is 2.64 bits per heavy atom. The van der Waals surface area contributed by atoms with E-state index in [0.29, 0.717) is 22.1 Å². The fourth-order valence-electron chi connectivity index (χ4n) is 3.59. The van der Waals surface area contributed by atoms with E-state index in [2.05, 4.69) is 0 Å². The molecule has 0 amide bonds. The Hall–Kier alpha value is -2.40. The summed E-state index contributed by atoms with van der Waals surface area (Å²) in [5.74, 6) is -0.0613. The third-order valence-corrected chi connectivity index (χ3v) is 5.25. The van der Waals surface area contributed by atoms with E-state index in [4.69, 9.17) is 35.3 Å². The summed E-state index contributed by atoms with van der Waals surface area (Å²) in [7, 11) is 0. The molecule has 5 rings (SSSR count). The van der Waals surface area contributed by atoms with Crippen LogP contribution in [0.1, 0.15) is 25.0 Å². The maximum Gasteiger partial charge on any atom is 0.330 e. The van der Waals surface area contributed by atoms with E-state index >= 15 is 0 Å². The molecule has 148 valence electrons. The summed E-state index contributed by atoms with van der Waals surface area (Å²) in [4.78, 5) is 25.3. The number of hydrogen-bond donors (Lipinski definition) is 1. The minimum absolute atomic E-state index is 0.0976. The Morgan fingerprint density at radius 1 is 1.14 bits per heavy atom. The maximum atomic E-state index is 13.7. The number of H-pyrrole nitrogens is 1. The van der Waals surface area contributed by atoms with E-state index in [9.17, 15) is 14.0 Å². The van der Waals surface area contributed by atoms with E-state index in [1.54, 1.807) is 19.1 Å². The van der Waals surface area contributed by atoms with Gasteiger partial charge in [0.1, 0.15) is 12.2 Å². The lowest BCUT2D eigenvalue weighted by Crippen LogP contribution is -2.38. The van der Waals surface area contributed by atoms with E-state index in [1.165, 1.54) is 0 Å². The summed E-state index contributed by atoms with van der Waals surface area (Å²) in [6.45, 7) is 1.85. The maximum absolute atomic E-state index is 13.7. The summed E-state index contributed by atoms with van der Waals surface area (Å²) in [5, 5.41) is 0.367. The minimum atomic E-state index is -1.10. The van der Waals surface area contributed by atoms with Crippen molar-refractivity contribution in [3.05, 3.63) is 55.6 Å². The van der Waals surface area contributed by atoms with Crippen molar-refractivity contribution >= 4 is 11.6 Å². The molecule has 0 spiro atoms. The molecule has 28 heavy (non-hydrogen) atoms. The molecule has 1 unspecified atom stereocenters. The van der Waals surface area contributed by atoms with Gasteiger partial charge in [-0.1, -0.05) is 11.6 Å². The summed E-state index contributed by atoms with van der Waals surface area (Å²) >= 11 is 6.33. The highest BCUT2D eigenvalue weighted by Crippen LogP contribution is 2.47. The van der Waals surface area contributed by atoms with Gasteiger partial charge in [-0.3, -0.25) is 14.3 Å². The number of aromatic nitrogens is 2. The lowest BCUT2D eigenvalue weighted by atomic mass is 10.1. The van der Waals surface area contributed by atoms with Gasteiger partial charge in [0.05, 0.1) is 17.3 Å². The standard InChI is InChI=1S/C17H14ClFN2O7/c1-6-12-13(15(26-6)21-4-9(19)14(22)20-17(21)23)28-16(27-12)7-2-10-11(3-8(7)18)25-5-24-10/h2-4,6,12-13,15-16H,5H2,1H3,(H,20,22,23)/t6-,12-,13-,15-,16?/m1/s1. The first-order chi connectivity index (χ1) is 13.4. The van der Waals surface area contributed by atoms with Crippen LogP contribution in [0.5, 0.6) is 11.5 Å². The normalized spacial score (nSPS) is 30.6. The van der Waals surface area contributed by atoms with E-state index < -0.39 is 47.9 Å². The van der Waals surface area contributed by atoms with Crippen molar-refractivity contribution in [2.24, 2.45) is 0 Å². The molecule has 5 atom stereocenters. The SMILES string of the molecule is C[C@H]1O[C@@H](n2cc(F)c(=O)[nH]c2=O)[C@@H]2OC(c3cc4c(cc3Cl)OCO4)O[C@@H]21. The van der Waals surface area contributed by atoms with Crippen LogP contribution in [-0.4, -0.2) is 34.7 Å². The van der Waals surface area contributed by atoms with Crippen molar-refractivity contribution in [1.82, 2.24) is 9.55 Å². The number of nitrogens with one attached hydrogen (secondary N) is 1. The summed E-state index contributed by atoms with van der Waals surface area (Å²) < 4.78 is 43.0. The molecular formula is C17H14ClFN2O7. The summed E-state index contributed by atoms with van der Waals surface area (Å²) in [5.41, 5.74) is -1.37. The lowest BCUT2D eigenvalue weighted by molar-refractivity contribution is -0.145. The van der Waals surface area contributed by atoms with Gasteiger partial charge >= 0.3 is 5.69 Å². The van der Waals surface area contributed by atoms with Crippen molar-refractivity contribution in [3.63, 3.8) is 0 Å². The number of fused-ring (bicyclic) bond motifs is 2. The van der Waals surface area contributed by atoms with Crippen molar-refractivity contribution in [1.29, 1.82) is 0 Å². The first-order valence-electron chi connectivity index (χ1n) is 8.49. The molecule has 0 radical (unpaired) electrons. The third-order valence-electron chi connectivity index (χ3n) is 4.93. The van der Waals surface area contributed by atoms with Crippen molar-refractivity contribution in [3.8, 4) is 11.5 Å². The van der Waals surface area contributed by atoms with Gasteiger partial charge < -0.3 is 23.7 Å². The number of halogens is 2. The number of hydrogen-bond acceptors (Lipinski definition) is 7. The Morgan fingerprint density at radius 2 is 1.86 bits per heavy atom. The highest BCUT2D eigenvalue weighted by molar-refractivity contribution is 6.31. The summed E-state index contributed by atoms with van der Waals surface area (Å²) in [6.07, 6.45) is -2.71. The van der Waals surface area contributed by atoms with Crippen LogP contribution in [0.2, 0.25) is 5.02 Å². The van der Waals surface area contributed by atoms with Crippen molar-refractivity contribution < 1.29 is 28.1 Å². The van der Waals surface area contributed by atoms with E-state index in [-0.39, 0.29) is 6.79 Å². The molecular weight excluding hydrogens is 399 g/mol. The molecule has 2 saturated heterocycles. The number of ether oxygens (including phenoxy) is 5. The molecule has 1 aromatic carbocycles. The molecule has 3 aliphatic heterocycles. The van der Waals surface area contributed by atoms with Crippen molar-refractivity contribution in [2.75, 3.05) is 6.79 Å². The molecule has 1 N–H and O–H groups in total. The Labute approximate surface area is 161 Å². The fourth-order valence-corrected chi connectivity index (χ4v) is 3.83. The molecule has 11 heteroatoms. The summed E-state index contributed by atoms with van der Waals surface area (Å²) in [6, 6.07) is 3.28. The lowest BCUT2D eigenvalue weighted by Gasteiger charge is -2.21. The predicted octanol–water partition coefficient (Wildman–Crippen LogP) is 1.46. The zero-order valence-corrected chi connectivity index (χ0v) is 15.1. The molecule has 1 aromatic heterocycles. The second-order valence-corrected chi connectivity index (χ2v) is 7.04. The van der Waals surface area contributed by atoms with E-state index in [0.717, 1.165) is 10.8 Å². The monoisotopic (exact) mass is 412 g/mol. The molecule has 4 heterocycles. The van der Waals surface area contributed by atoms with Crippen LogP contribution in [0.3, 0.4) is 0 Å². The van der Waals surface area contributed by atoms with Crippen LogP contribution in [0, 0.1) is 5.82 Å². The van der Waals surface area contributed by atoms with Gasteiger partial charge in [-0.2, -0.15) is 4.39 Å². The quantitative estimate of drug-likeness (QED) is 0.796. The van der Waals surface area contributed by atoms with Crippen LogP contribution < -0.4 is 20.7 Å². The smallest absolute Gasteiger partial charge is 0.330 e. The molecule has 0 bridgehead atoms. The largest absolute Gasteiger partial charge is 0.454 e. The number of aromatic amines is 1. The third kappa shape index (κ3) is 2.64. The molecule has 2 aromatic rings. The molecule has 2 fully saturated rings. The first kappa shape index (κ1) is 17.7. The number of nitrogens with zero attached hydrogens (tertiary/aromatic N) is 1. The Bertz CT molecular complexity index is 1070. The average Bonchev–Trinajstić information content (AvgIpc) is 3.34. The van der Waals surface area contributed by atoms with E-state index in [1.807, 2.05) is 4.98 Å². The number of rotatable bonds is 2. The molecule has 0 saturated carbocycles. The van der Waals surface area contributed by atoms with Crippen LogP contribution in [0.4, 0.5) is 4.39 Å². The fraction of sp³-hybridized carbons (Fsp3) is 0.412. The second kappa shape index (κ2) is 6.31. The zero-order chi connectivity index (χ0) is 19.6. The predicted molar refractivity (Wildman–Crippen MR) is 90.9 cm³/mol. The van der Waals surface area contributed by atoms with Gasteiger partial charge in [-0.15, -0.1) is 0 Å². The van der Waals surface area contributed by atoms with Gasteiger partial charge in [-0.05, 0) is 13.0 Å². The Kier molecular flexibility index (Phi) is 3.98. The molecule has 3 aliphatic rings. The second-order valence-electron chi connectivity index (χ2n) is 6.64. The Balaban J connectivity index is 1.48. The van der Waals surface area contributed by atoms with Crippen LogP contribution in [0.15, 0.2) is 27.9 Å². The van der Waals surface area contributed by atoms with Gasteiger partial charge in [-0.25, -0.2) is 4.79 Å². The van der Waals surface area contributed by atoms with Crippen molar-refractivity contribution in [2.45, 2.75) is 37.8 Å². The number of benzene rings is 1. The first-order valence-corrected chi connectivity index (χ1v) is 8.86. The zero-order valence-electron chi connectivity index (χ0n) is 14.4. The highest BCUT2D eigenvalue weighted by atomic mass is 35.5. The molecule has 9 nitrogen and oxygen atoms in total. The van der Waals surface area contributed by atoms with Gasteiger partial charge in [0.15, 0.2) is 24.0 Å². The van der Waals surface area contributed by atoms with Crippen LogP contribution in [0.25, 0.3) is 0 Å². The topological polar surface area (TPSA) is 101 Å². The van der Waals surface area contributed by atoms with Crippen LogP contribution >= 0.6 is 11.6 Å². The van der Waals surface area contributed by atoms with Crippen LogP contribution in [-0.2, 0) is 14.2 Å². The van der Waals surface area contributed by atoms with Gasteiger partial charge in [0.25, 0.3) is 5.56 Å². The minimum Gasteiger partial charge on any atom is -0.454 e. The highest BCUT2D eigenvalue weighted by Gasteiger charge is 2.52. The van der Waals surface area contributed by atoms with Gasteiger partial charge in [0.2, 0.25) is 12.6 Å². The average molecular weight is 413 g/mol.